The monoisotopic (exact) mass is 394 g/mol. The zero-order valence-electron chi connectivity index (χ0n) is 15.4. The van der Waals surface area contributed by atoms with Gasteiger partial charge in [-0.3, -0.25) is 4.68 Å². The van der Waals surface area contributed by atoms with Gasteiger partial charge in [-0.2, -0.15) is 9.78 Å². The first kappa shape index (κ1) is 17.1. The second-order valence-electron chi connectivity index (χ2n) is 7.00. The average Bonchev–Trinajstić information content (AvgIpc) is 3.22. The van der Waals surface area contributed by atoms with E-state index >= 15 is 0 Å². The fraction of sp³-hybridized carbons (Fsp3) is 0.316. The van der Waals surface area contributed by atoms with Gasteiger partial charge in [0.25, 0.3) is 0 Å². The number of hydrogen-bond donors (Lipinski definition) is 1. The summed E-state index contributed by atoms with van der Waals surface area (Å²) < 4.78 is 3.58. The Balaban J connectivity index is 1.57. The summed E-state index contributed by atoms with van der Waals surface area (Å²) in [6, 6.07) is 4.33. The van der Waals surface area contributed by atoms with E-state index in [1.165, 1.54) is 12.8 Å². The van der Waals surface area contributed by atoms with E-state index in [0.29, 0.717) is 16.9 Å². The molecule has 1 aliphatic rings. The normalized spacial score (nSPS) is 13.9. The first-order valence-electron chi connectivity index (χ1n) is 9.38. The highest BCUT2D eigenvalue weighted by Crippen LogP contribution is 2.32. The van der Waals surface area contributed by atoms with Gasteiger partial charge in [-0.15, -0.1) is 5.10 Å². The molecule has 8 nitrogen and oxygen atoms in total. The first-order chi connectivity index (χ1) is 13.7. The van der Waals surface area contributed by atoms with Crippen LogP contribution in [-0.2, 0) is 6.54 Å². The lowest BCUT2D eigenvalue weighted by Crippen LogP contribution is -2.07. The molecule has 28 heavy (non-hydrogen) atoms. The summed E-state index contributed by atoms with van der Waals surface area (Å²) in [4.78, 5) is 9.03. The fourth-order valence-electron chi connectivity index (χ4n) is 3.15. The third-order valence-corrected chi connectivity index (χ3v) is 4.89. The summed E-state index contributed by atoms with van der Waals surface area (Å²) in [6.07, 6.45) is 10.5. The third-order valence-electron chi connectivity index (χ3n) is 4.69. The van der Waals surface area contributed by atoms with Crippen LogP contribution in [0.25, 0.3) is 28.1 Å². The number of hydrogen-bond acceptors (Lipinski definition) is 6. The lowest BCUT2D eigenvalue weighted by molar-refractivity contribution is 0.579. The molecule has 4 aromatic rings. The first-order valence-corrected chi connectivity index (χ1v) is 9.76. The molecule has 9 heteroatoms. The second kappa shape index (κ2) is 6.87. The molecule has 0 radical (unpaired) electrons. The summed E-state index contributed by atoms with van der Waals surface area (Å²) in [6.45, 7) is 2.96. The van der Waals surface area contributed by atoms with Crippen LogP contribution in [0.2, 0.25) is 5.02 Å². The zero-order chi connectivity index (χ0) is 19.1. The Hall–Kier alpha value is -3.00. The number of aryl methyl sites for hydroxylation is 1. The Morgan fingerprint density at radius 3 is 2.89 bits per heavy atom. The SMILES string of the molecule is CCCn1cc(-c2cnc(-n3ncc4cc(Cl)cnc43)cc2NC2CC2)nn1. The standard InChI is InChI=1S/C19H19ClN8/c1-2-5-27-11-17(25-26-27)15-10-21-18(7-16(15)24-14-3-4-14)28-19-12(8-23-28)6-13(20)9-22-19/h6-11,14H,2-5H2,1H3,(H,21,24). The fourth-order valence-corrected chi connectivity index (χ4v) is 3.32. The van der Waals surface area contributed by atoms with Crippen LogP contribution in [0.3, 0.4) is 0 Å². The van der Waals surface area contributed by atoms with Crippen molar-refractivity contribution in [2.24, 2.45) is 0 Å². The molecule has 0 saturated heterocycles. The van der Waals surface area contributed by atoms with Crippen molar-refractivity contribution in [1.29, 1.82) is 0 Å². The van der Waals surface area contributed by atoms with E-state index in [-0.39, 0.29) is 0 Å². The number of halogens is 1. The third kappa shape index (κ3) is 3.20. The summed E-state index contributed by atoms with van der Waals surface area (Å²) >= 11 is 6.04. The molecule has 1 N–H and O–H groups in total. The molecule has 142 valence electrons. The highest BCUT2D eigenvalue weighted by Gasteiger charge is 2.23. The summed E-state index contributed by atoms with van der Waals surface area (Å²) in [5, 5.41) is 18.0. The van der Waals surface area contributed by atoms with Crippen LogP contribution in [0.4, 0.5) is 5.69 Å². The van der Waals surface area contributed by atoms with Crippen LogP contribution in [0.1, 0.15) is 26.2 Å². The number of anilines is 1. The molecular weight excluding hydrogens is 376 g/mol. The van der Waals surface area contributed by atoms with Crippen molar-refractivity contribution in [3.05, 3.63) is 41.9 Å². The zero-order valence-corrected chi connectivity index (χ0v) is 16.1. The van der Waals surface area contributed by atoms with E-state index in [9.17, 15) is 0 Å². The largest absolute Gasteiger partial charge is 0.382 e. The molecule has 0 aliphatic heterocycles. The van der Waals surface area contributed by atoms with Gasteiger partial charge < -0.3 is 5.32 Å². The smallest absolute Gasteiger partial charge is 0.164 e. The molecule has 4 aromatic heterocycles. The summed E-state index contributed by atoms with van der Waals surface area (Å²) in [7, 11) is 0. The van der Waals surface area contributed by atoms with Crippen molar-refractivity contribution in [1.82, 2.24) is 34.7 Å². The van der Waals surface area contributed by atoms with E-state index in [2.05, 4.69) is 37.6 Å². The van der Waals surface area contributed by atoms with Gasteiger partial charge in [-0.25, -0.2) is 9.97 Å². The van der Waals surface area contributed by atoms with E-state index < -0.39 is 0 Å². The number of aromatic nitrogens is 7. The maximum Gasteiger partial charge on any atom is 0.164 e. The molecule has 0 amide bonds. The van der Waals surface area contributed by atoms with E-state index in [1.807, 2.05) is 29.2 Å². The van der Waals surface area contributed by atoms with Gasteiger partial charge in [0.05, 0.1) is 17.4 Å². The quantitative estimate of drug-likeness (QED) is 0.536. The Morgan fingerprint density at radius 1 is 1.18 bits per heavy atom. The molecule has 0 aromatic carbocycles. The van der Waals surface area contributed by atoms with Crippen LogP contribution in [0.15, 0.2) is 36.9 Å². The lowest BCUT2D eigenvalue weighted by atomic mass is 10.1. The molecule has 0 spiro atoms. The van der Waals surface area contributed by atoms with Crippen molar-refractivity contribution in [3.8, 4) is 17.1 Å². The number of nitrogens with zero attached hydrogens (tertiary/aromatic N) is 7. The number of pyridine rings is 2. The van der Waals surface area contributed by atoms with Crippen LogP contribution >= 0.6 is 11.6 Å². The lowest BCUT2D eigenvalue weighted by Gasteiger charge is -2.11. The van der Waals surface area contributed by atoms with Crippen molar-refractivity contribution < 1.29 is 0 Å². The van der Waals surface area contributed by atoms with Gasteiger partial charge >= 0.3 is 0 Å². The van der Waals surface area contributed by atoms with Crippen LogP contribution < -0.4 is 5.32 Å². The van der Waals surface area contributed by atoms with Gasteiger partial charge in [-0.1, -0.05) is 23.7 Å². The molecule has 1 fully saturated rings. The molecule has 1 aliphatic carbocycles. The Bertz CT molecular complexity index is 1140. The van der Waals surface area contributed by atoms with E-state index in [0.717, 1.165) is 40.9 Å². The van der Waals surface area contributed by atoms with Crippen LogP contribution in [0.5, 0.6) is 0 Å². The minimum absolute atomic E-state index is 0.492. The Morgan fingerprint density at radius 2 is 2.07 bits per heavy atom. The Kier molecular flexibility index (Phi) is 4.20. The van der Waals surface area contributed by atoms with Crippen molar-refractivity contribution in [3.63, 3.8) is 0 Å². The van der Waals surface area contributed by atoms with Crippen molar-refractivity contribution in [2.45, 2.75) is 38.8 Å². The number of rotatable bonds is 6. The minimum Gasteiger partial charge on any atom is -0.382 e. The molecule has 4 heterocycles. The Labute approximate surface area is 166 Å². The van der Waals surface area contributed by atoms with Gasteiger partial charge in [0.2, 0.25) is 0 Å². The summed E-state index contributed by atoms with van der Waals surface area (Å²) in [5.41, 5.74) is 3.45. The highest BCUT2D eigenvalue weighted by molar-refractivity contribution is 6.31. The predicted molar refractivity (Wildman–Crippen MR) is 108 cm³/mol. The number of nitrogens with one attached hydrogen (secondary N) is 1. The minimum atomic E-state index is 0.492. The molecular formula is C19H19ClN8. The maximum absolute atomic E-state index is 6.04. The molecule has 0 atom stereocenters. The van der Waals surface area contributed by atoms with Gasteiger partial charge in [0.15, 0.2) is 11.5 Å². The van der Waals surface area contributed by atoms with E-state index in [1.54, 1.807) is 17.1 Å². The topological polar surface area (TPSA) is 86.3 Å². The van der Waals surface area contributed by atoms with Crippen molar-refractivity contribution >= 4 is 28.3 Å². The molecule has 5 rings (SSSR count). The van der Waals surface area contributed by atoms with Crippen molar-refractivity contribution in [2.75, 3.05) is 5.32 Å². The second-order valence-corrected chi connectivity index (χ2v) is 7.43. The van der Waals surface area contributed by atoms with Gasteiger partial charge in [0.1, 0.15) is 5.69 Å². The van der Waals surface area contributed by atoms with Crippen LogP contribution in [-0.4, -0.2) is 40.8 Å². The number of fused-ring (bicyclic) bond motifs is 1. The molecule has 0 unspecified atom stereocenters. The van der Waals surface area contributed by atoms with Gasteiger partial charge in [-0.05, 0) is 25.3 Å². The predicted octanol–water partition coefficient (Wildman–Crippen LogP) is 3.71. The molecule has 1 saturated carbocycles. The summed E-state index contributed by atoms with van der Waals surface area (Å²) in [5.74, 6) is 0.692. The highest BCUT2D eigenvalue weighted by atomic mass is 35.5. The van der Waals surface area contributed by atoms with Gasteiger partial charge in [0, 0.05) is 47.7 Å². The van der Waals surface area contributed by atoms with Crippen LogP contribution in [0, 0.1) is 0 Å². The van der Waals surface area contributed by atoms with E-state index in [4.69, 9.17) is 11.6 Å². The maximum atomic E-state index is 6.04. The molecule has 0 bridgehead atoms. The average molecular weight is 395 g/mol.